The molecule has 0 saturated heterocycles. The minimum Gasteiger partial charge on any atom is -0.352 e. The van der Waals surface area contributed by atoms with Crippen LogP contribution < -0.4 is 10.6 Å². The summed E-state index contributed by atoms with van der Waals surface area (Å²) in [6, 6.07) is 15.1. The summed E-state index contributed by atoms with van der Waals surface area (Å²) in [5.74, 6) is -0.446. The minimum atomic E-state index is -0.662. The van der Waals surface area contributed by atoms with Gasteiger partial charge in [0, 0.05) is 23.0 Å². The maximum Gasteiger partial charge on any atom is 0.252 e. The van der Waals surface area contributed by atoms with Gasteiger partial charge in [0.05, 0.1) is 23.7 Å². The van der Waals surface area contributed by atoms with Crippen LogP contribution in [0.2, 0.25) is 0 Å². The number of rotatable bonds is 8. The lowest BCUT2D eigenvalue weighted by atomic mass is 10.0. The Balaban J connectivity index is 1.42. The molecular weight excluding hydrogens is 434 g/mol. The molecular formula is C25H25N5O2S. The van der Waals surface area contributed by atoms with Crippen molar-refractivity contribution in [2.45, 2.75) is 44.8 Å². The first-order chi connectivity index (χ1) is 16.1. The number of nitrogens with zero attached hydrogens (tertiary/aromatic N) is 3. The first-order valence-electron chi connectivity index (χ1n) is 11.1. The van der Waals surface area contributed by atoms with E-state index < -0.39 is 6.04 Å². The Morgan fingerprint density at radius 2 is 2.00 bits per heavy atom. The van der Waals surface area contributed by atoms with E-state index in [9.17, 15) is 9.59 Å². The van der Waals surface area contributed by atoms with Gasteiger partial charge >= 0.3 is 0 Å². The number of aryl methyl sites for hydroxylation is 1. The average Bonchev–Trinajstić information content (AvgIpc) is 3.31. The van der Waals surface area contributed by atoms with Gasteiger partial charge in [-0.3, -0.25) is 9.59 Å². The first-order valence-corrected chi connectivity index (χ1v) is 12.0. The van der Waals surface area contributed by atoms with Crippen LogP contribution in [0.1, 0.15) is 39.3 Å². The standard InChI is InChI=1S/C25H25N5O2S/c1-16-12-20(21-14-26-30(23(21)27-16)15-19-8-5-11-33-19)24(31)29-22(25(32)28-18-9-10-18)13-17-6-3-2-4-7-17/h2-8,11-12,14,18,22H,9-10,13,15H2,1H3,(H,28,32)(H,29,31). The fourth-order valence-corrected chi connectivity index (χ4v) is 4.54. The van der Waals surface area contributed by atoms with Crippen molar-refractivity contribution in [2.24, 2.45) is 0 Å². The molecule has 1 atom stereocenters. The molecule has 3 aromatic heterocycles. The van der Waals surface area contributed by atoms with E-state index in [0.717, 1.165) is 29.0 Å². The minimum absolute atomic E-state index is 0.148. The number of carbonyl (C=O) groups excluding carboxylic acids is 2. The van der Waals surface area contributed by atoms with Crippen molar-refractivity contribution >= 4 is 34.2 Å². The zero-order chi connectivity index (χ0) is 22.8. The second-order valence-corrected chi connectivity index (χ2v) is 9.46. The molecule has 33 heavy (non-hydrogen) atoms. The van der Waals surface area contributed by atoms with E-state index in [2.05, 4.69) is 20.7 Å². The predicted octanol–water partition coefficient (Wildman–Crippen LogP) is 3.47. The molecule has 0 radical (unpaired) electrons. The molecule has 1 fully saturated rings. The Hall–Kier alpha value is -3.52. The topological polar surface area (TPSA) is 88.9 Å². The summed E-state index contributed by atoms with van der Waals surface area (Å²) in [6.45, 7) is 2.46. The second-order valence-electron chi connectivity index (χ2n) is 8.43. The molecule has 7 nitrogen and oxygen atoms in total. The van der Waals surface area contributed by atoms with Crippen LogP contribution in [0.25, 0.3) is 11.0 Å². The molecule has 4 aromatic rings. The van der Waals surface area contributed by atoms with Crippen LogP contribution in [-0.2, 0) is 17.8 Å². The number of hydrogen-bond acceptors (Lipinski definition) is 5. The van der Waals surface area contributed by atoms with Crippen molar-refractivity contribution in [1.29, 1.82) is 0 Å². The summed E-state index contributed by atoms with van der Waals surface area (Å²) in [5.41, 5.74) is 2.86. The molecule has 168 valence electrons. The number of benzene rings is 1. The van der Waals surface area contributed by atoms with E-state index in [1.807, 2.05) is 59.5 Å². The summed E-state index contributed by atoms with van der Waals surface area (Å²) in [6.07, 6.45) is 4.09. The third-order valence-electron chi connectivity index (χ3n) is 5.70. The van der Waals surface area contributed by atoms with Gasteiger partial charge in [-0.1, -0.05) is 36.4 Å². The molecule has 1 aliphatic carbocycles. The molecule has 0 spiro atoms. The van der Waals surface area contributed by atoms with E-state index in [-0.39, 0.29) is 17.9 Å². The zero-order valence-corrected chi connectivity index (χ0v) is 19.1. The summed E-state index contributed by atoms with van der Waals surface area (Å²) in [7, 11) is 0. The molecule has 5 rings (SSSR count). The lowest BCUT2D eigenvalue weighted by Crippen LogP contribution is -2.48. The van der Waals surface area contributed by atoms with Crippen LogP contribution in [0, 0.1) is 6.92 Å². The highest BCUT2D eigenvalue weighted by atomic mass is 32.1. The lowest BCUT2D eigenvalue weighted by molar-refractivity contribution is -0.123. The monoisotopic (exact) mass is 459 g/mol. The smallest absolute Gasteiger partial charge is 0.252 e. The van der Waals surface area contributed by atoms with Crippen molar-refractivity contribution in [3.05, 3.63) is 81.8 Å². The highest BCUT2D eigenvalue weighted by Gasteiger charge is 2.29. The van der Waals surface area contributed by atoms with Crippen molar-refractivity contribution in [2.75, 3.05) is 0 Å². The number of carbonyl (C=O) groups is 2. The van der Waals surface area contributed by atoms with E-state index in [4.69, 9.17) is 0 Å². The molecule has 8 heteroatoms. The van der Waals surface area contributed by atoms with Crippen LogP contribution in [0.3, 0.4) is 0 Å². The predicted molar refractivity (Wildman–Crippen MR) is 128 cm³/mol. The van der Waals surface area contributed by atoms with E-state index in [1.165, 1.54) is 0 Å². The van der Waals surface area contributed by atoms with Crippen molar-refractivity contribution in [1.82, 2.24) is 25.4 Å². The van der Waals surface area contributed by atoms with E-state index in [0.29, 0.717) is 29.6 Å². The van der Waals surface area contributed by atoms with Crippen LogP contribution in [0.15, 0.2) is 60.1 Å². The zero-order valence-electron chi connectivity index (χ0n) is 18.3. The van der Waals surface area contributed by atoms with Crippen molar-refractivity contribution in [3.63, 3.8) is 0 Å². The number of nitrogens with one attached hydrogen (secondary N) is 2. The summed E-state index contributed by atoms with van der Waals surface area (Å²) in [4.78, 5) is 32.1. The number of fused-ring (bicyclic) bond motifs is 1. The Kier molecular flexibility index (Phi) is 5.92. The van der Waals surface area contributed by atoms with Gasteiger partial charge in [0.15, 0.2) is 5.65 Å². The summed E-state index contributed by atoms with van der Waals surface area (Å²) < 4.78 is 1.81. The number of amides is 2. The van der Waals surface area contributed by atoms with Crippen LogP contribution in [0.4, 0.5) is 0 Å². The van der Waals surface area contributed by atoms with Gasteiger partial charge in [0.25, 0.3) is 5.91 Å². The molecule has 1 aromatic carbocycles. The van der Waals surface area contributed by atoms with E-state index in [1.54, 1.807) is 23.6 Å². The van der Waals surface area contributed by atoms with Crippen molar-refractivity contribution < 1.29 is 9.59 Å². The molecule has 3 heterocycles. The Morgan fingerprint density at radius 1 is 1.18 bits per heavy atom. The third kappa shape index (κ3) is 4.96. The average molecular weight is 460 g/mol. The van der Waals surface area contributed by atoms with E-state index >= 15 is 0 Å². The lowest BCUT2D eigenvalue weighted by Gasteiger charge is -2.19. The molecule has 0 bridgehead atoms. The molecule has 1 unspecified atom stereocenters. The van der Waals surface area contributed by atoms with Crippen molar-refractivity contribution in [3.8, 4) is 0 Å². The first kappa shape index (κ1) is 21.3. The quantitative estimate of drug-likeness (QED) is 0.422. The molecule has 0 aliphatic heterocycles. The van der Waals surface area contributed by atoms with Gasteiger partial charge in [0.2, 0.25) is 5.91 Å². The second kappa shape index (κ2) is 9.15. The highest BCUT2D eigenvalue weighted by molar-refractivity contribution is 7.09. The molecule has 2 N–H and O–H groups in total. The van der Waals surface area contributed by atoms with Crippen LogP contribution in [-0.4, -0.2) is 38.7 Å². The maximum atomic E-state index is 13.4. The number of thiophene rings is 1. The maximum absolute atomic E-state index is 13.4. The van der Waals surface area contributed by atoms with Gasteiger partial charge in [-0.25, -0.2) is 9.67 Å². The highest BCUT2D eigenvalue weighted by Crippen LogP contribution is 2.22. The Bertz CT molecular complexity index is 1280. The molecule has 2 amide bonds. The fourth-order valence-electron chi connectivity index (χ4n) is 3.85. The number of pyridine rings is 1. The molecule has 1 saturated carbocycles. The SMILES string of the molecule is Cc1cc(C(=O)NC(Cc2ccccc2)C(=O)NC2CC2)c2cnn(Cc3cccs3)c2n1. The summed E-state index contributed by atoms with van der Waals surface area (Å²) in [5, 5.41) is 13.2. The van der Waals surface area contributed by atoms with Gasteiger partial charge in [-0.05, 0) is 42.8 Å². The third-order valence-corrected chi connectivity index (χ3v) is 6.56. The number of aromatic nitrogens is 3. The van der Waals surface area contributed by atoms with Gasteiger partial charge in [-0.2, -0.15) is 5.10 Å². The van der Waals surface area contributed by atoms with Gasteiger partial charge in [-0.15, -0.1) is 11.3 Å². The largest absolute Gasteiger partial charge is 0.352 e. The van der Waals surface area contributed by atoms with Crippen LogP contribution >= 0.6 is 11.3 Å². The normalized spacial score (nSPS) is 14.2. The Morgan fingerprint density at radius 3 is 2.73 bits per heavy atom. The fraction of sp³-hybridized carbons (Fsp3) is 0.280. The van der Waals surface area contributed by atoms with Gasteiger partial charge in [0.1, 0.15) is 6.04 Å². The Labute approximate surface area is 195 Å². The van der Waals surface area contributed by atoms with Gasteiger partial charge < -0.3 is 10.6 Å². The molecule has 1 aliphatic rings. The summed E-state index contributed by atoms with van der Waals surface area (Å²) >= 11 is 1.65. The van der Waals surface area contributed by atoms with Crippen LogP contribution in [0.5, 0.6) is 0 Å². The number of hydrogen-bond donors (Lipinski definition) is 2.